The second-order valence-corrected chi connectivity index (χ2v) is 5.56. The third-order valence-electron chi connectivity index (χ3n) is 1.75. The summed E-state index contributed by atoms with van der Waals surface area (Å²) >= 11 is 0. The van der Waals surface area contributed by atoms with Crippen LogP contribution in [0.5, 0.6) is 0 Å². The van der Waals surface area contributed by atoms with Crippen molar-refractivity contribution in [1.82, 2.24) is 5.32 Å². The summed E-state index contributed by atoms with van der Waals surface area (Å²) in [5.74, 6) is 0.650. The van der Waals surface area contributed by atoms with Crippen LogP contribution in [0.3, 0.4) is 0 Å². The summed E-state index contributed by atoms with van der Waals surface area (Å²) in [6.07, 6.45) is 1.11. The van der Waals surface area contributed by atoms with E-state index in [1.54, 1.807) is 0 Å². The van der Waals surface area contributed by atoms with Gasteiger partial charge in [0, 0.05) is 13.2 Å². The molecule has 0 aromatic rings. The standard InChI is InChI=1S/C12H27NO/c1-11(2)9-14-8-6-7-13-10-12(3,4)5/h11,13H,6-10H2,1-5H3. The number of ether oxygens (including phenoxy) is 1. The predicted octanol–water partition coefficient (Wildman–Crippen LogP) is 2.68. The van der Waals surface area contributed by atoms with E-state index < -0.39 is 0 Å². The van der Waals surface area contributed by atoms with E-state index in [0.717, 1.165) is 32.7 Å². The molecule has 0 aromatic carbocycles. The first-order valence-electron chi connectivity index (χ1n) is 5.70. The number of rotatable bonds is 7. The Labute approximate surface area is 89.4 Å². The quantitative estimate of drug-likeness (QED) is 0.639. The lowest BCUT2D eigenvalue weighted by Crippen LogP contribution is -2.28. The Morgan fingerprint density at radius 2 is 1.86 bits per heavy atom. The van der Waals surface area contributed by atoms with Crippen LogP contribution in [0.2, 0.25) is 0 Å². The molecular formula is C12H27NO. The van der Waals surface area contributed by atoms with Gasteiger partial charge in [0.2, 0.25) is 0 Å². The van der Waals surface area contributed by atoms with Gasteiger partial charge in [0.05, 0.1) is 0 Å². The molecule has 0 spiro atoms. The molecule has 0 amide bonds. The Balaban J connectivity index is 3.07. The lowest BCUT2D eigenvalue weighted by atomic mass is 9.97. The van der Waals surface area contributed by atoms with Gasteiger partial charge >= 0.3 is 0 Å². The minimum absolute atomic E-state index is 0.388. The Kier molecular flexibility index (Phi) is 7.20. The van der Waals surface area contributed by atoms with Crippen molar-refractivity contribution in [3.05, 3.63) is 0 Å². The van der Waals surface area contributed by atoms with E-state index in [1.807, 2.05) is 0 Å². The van der Waals surface area contributed by atoms with E-state index in [0.29, 0.717) is 11.3 Å². The van der Waals surface area contributed by atoms with Gasteiger partial charge in [-0.25, -0.2) is 0 Å². The zero-order chi connectivity index (χ0) is 11.0. The molecule has 0 aliphatic carbocycles. The van der Waals surface area contributed by atoms with Gasteiger partial charge in [0.25, 0.3) is 0 Å². The lowest BCUT2D eigenvalue weighted by molar-refractivity contribution is 0.107. The highest BCUT2D eigenvalue weighted by Gasteiger charge is 2.07. The molecule has 0 rings (SSSR count). The van der Waals surface area contributed by atoms with Crippen LogP contribution in [0.25, 0.3) is 0 Å². The highest BCUT2D eigenvalue weighted by Crippen LogP contribution is 2.09. The van der Waals surface area contributed by atoms with Crippen molar-refractivity contribution in [2.45, 2.75) is 41.0 Å². The summed E-state index contributed by atoms with van der Waals surface area (Å²) in [4.78, 5) is 0. The molecule has 0 saturated heterocycles. The molecule has 0 heterocycles. The van der Waals surface area contributed by atoms with Crippen LogP contribution >= 0.6 is 0 Å². The van der Waals surface area contributed by atoms with E-state index in [-0.39, 0.29) is 0 Å². The van der Waals surface area contributed by atoms with Crippen LogP contribution in [-0.4, -0.2) is 26.3 Å². The summed E-state index contributed by atoms with van der Waals surface area (Å²) in [5.41, 5.74) is 0.388. The van der Waals surface area contributed by atoms with Gasteiger partial charge in [0.1, 0.15) is 0 Å². The highest BCUT2D eigenvalue weighted by molar-refractivity contribution is 4.64. The molecule has 0 unspecified atom stereocenters. The molecule has 2 nitrogen and oxygen atoms in total. The molecule has 0 aliphatic rings. The molecule has 0 radical (unpaired) electrons. The summed E-state index contributed by atoms with van der Waals surface area (Å²) < 4.78 is 5.49. The van der Waals surface area contributed by atoms with Crippen LogP contribution in [0.4, 0.5) is 0 Å². The number of nitrogens with one attached hydrogen (secondary N) is 1. The maximum absolute atomic E-state index is 5.49. The van der Waals surface area contributed by atoms with Crippen LogP contribution in [0, 0.1) is 11.3 Å². The first-order valence-corrected chi connectivity index (χ1v) is 5.70. The maximum Gasteiger partial charge on any atom is 0.0489 e. The van der Waals surface area contributed by atoms with Crippen LogP contribution < -0.4 is 5.32 Å². The van der Waals surface area contributed by atoms with Gasteiger partial charge in [-0.1, -0.05) is 34.6 Å². The molecule has 0 fully saturated rings. The van der Waals surface area contributed by atoms with Gasteiger partial charge < -0.3 is 10.1 Å². The van der Waals surface area contributed by atoms with Gasteiger partial charge in [-0.15, -0.1) is 0 Å². The highest BCUT2D eigenvalue weighted by atomic mass is 16.5. The summed E-state index contributed by atoms with van der Waals surface area (Å²) in [7, 11) is 0. The molecule has 0 atom stereocenters. The molecule has 2 heteroatoms. The predicted molar refractivity (Wildman–Crippen MR) is 62.6 cm³/mol. The molecule has 0 aliphatic heterocycles. The monoisotopic (exact) mass is 201 g/mol. The van der Waals surface area contributed by atoms with Gasteiger partial charge in [-0.05, 0) is 30.8 Å². The summed E-state index contributed by atoms with van der Waals surface area (Å²) in [5, 5.41) is 3.43. The molecule has 0 bridgehead atoms. The van der Waals surface area contributed by atoms with E-state index in [1.165, 1.54) is 0 Å². The van der Waals surface area contributed by atoms with Crippen molar-refractivity contribution < 1.29 is 4.74 Å². The second-order valence-electron chi connectivity index (χ2n) is 5.56. The average Bonchev–Trinajstić information content (AvgIpc) is 2.00. The molecule has 0 aromatic heterocycles. The van der Waals surface area contributed by atoms with Gasteiger partial charge in [-0.3, -0.25) is 0 Å². The van der Waals surface area contributed by atoms with Crippen molar-refractivity contribution in [2.75, 3.05) is 26.3 Å². The minimum Gasteiger partial charge on any atom is -0.381 e. The smallest absolute Gasteiger partial charge is 0.0489 e. The third kappa shape index (κ3) is 11.9. The minimum atomic E-state index is 0.388. The largest absolute Gasteiger partial charge is 0.381 e. The Morgan fingerprint density at radius 1 is 1.21 bits per heavy atom. The molecule has 1 N–H and O–H groups in total. The fraction of sp³-hybridized carbons (Fsp3) is 1.00. The van der Waals surface area contributed by atoms with Crippen molar-refractivity contribution in [3.8, 4) is 0 Å². The first kappa shape index (κ1) is 13.9. The van der Waals surface area contributed by atoms with Gasteiger partial charge in [-0.2, -0.15) is 0 Å². The molecule has 14 heavy (non-hydrogen) atoms. The fourth-order valence-electron chi connectivity index (χ4n) is 1.08. The van der Waals surface area contributed by atoms with Gasteiger partial charge in [0.15, 0.2) is 0 Å². The van der Waals surface area contributed by atoms with E-state index in [9.17, 15) is 0 Å². The summed E-state index contributed by atoms with van der Waals surface area (Å²) in [6, 6.07) is 0. The number of hydrogen-bond donors (Lipinski definition) is 1. The Bertz CT molecular complexity index is 127. The average molecular weight is 201 g/mol. The first-order chi connectivity index (χ1) is 6.42. The van der Waals surface area contributed by atoms with Crippen molar-refractivity contribution in [2.24, 2.45) is 11.3 Å². The van der Waals surface area contributed by atoms with Crippen molar-refractivity contribution >= 4 is 0 Å². The third-order valence-corrected chi connectivity index (χ3v) is 1.75. The second kappa shape index (κ2) is 7.24. The molecular weight excluding hydrogens is 174 g/mol. The fourth-order valence-corrected chi connectivity index (χ4v) is 1.08. The SMILES string of the molecule is CC(C)COCCCNCC(C)(C)C. The zero-order valence-electron chi connectivity index (χ0n) is 10.5. The topological polar surface area (TPSA) is 21.3 Å². The molecule has 86 valence electrons. The zero-order valence-corrected chi connectivity index (χ0v) is 10.5. The van der Waals surface area contributed by atoms with Crippen LogP contribution in [0.1, 0.15) is 41.0 Å². The van der Waals surface area contributed by atoms with E-state index >= 15 is 0 Å². The number of hydrogen-bond acceptors (Lipinski definition) is 2. The lowest BCUT2D eigenvalue weighted by Gasteiger charge is -2.18. The Morgan fingerprint density at radius 3 is 2.36 bits per heavy atom. The van der Waals surface area contributed by atoms with E-state index in [4.69, 9.17) is 4.74 Å². The summed E-state index contributed by atoms with van der Waals surface area (Å²) in [6.45, 7) is 15.0. The van der Waals surface area contributed by atoms with Crippen LogP contribution in [0.15, 0.2) is 0 Å². The Hall–Kier alpha value is -0.0800. The van der Waals surface area contributed by atoms with Crippen molar-refractivity contribution in [1.29, 1.82) is 0 Å². The van der Waals surface area contributed by atoms with E-state index in [2.05, 4.69) is 39.9 Å². The van der Waals surface area contributed by atoms with Crippen LogP contribution in [-0.2, 0) is 4.74 Å². The molecule has 0 saturated carbocycles. The van der Waals surface area contributed by atoms with Crippen molar-refractivity contribution in [3.63, 3.8) is 0 Å². The normalized spacial score (nSPS) is 12.4. The maximum atomic E-state index is 5.49.